The summed E-state index contributed by atoms with van der Waals surface area (Å²) in [5.41, 5.74) is 0.950. The third-order valence-corrected chi connectivity index (χ3v) is 5.56. The molecule has 34 heavy (non-hydrogen) atoms. The van der Waals surface area contributed by atoms with Crippen LogP contribution in [0.25, 0.3) is 0 Å². The Morgan fingerprint density at radius 1 is 1.15 bits per heavy atom. The van der Waals surface area contributed by atoms with Crippen molar-refractivity contribution in [2.45, 2.75) is 18.2 Å². The van der Waals surface area contributed by atoms with E-state index < -0.39 is 5.97 Å². The number of benzene rings is 2. The summed E-state index contributed by atoms with van der Waals surface area (Å²) in [5.74, 6) is -0.468. The van der Waals surface area contributed by atoms with Crippen LogP contribution >= 0.6 is 11.8 Å². The molecule has 0 atom stereocenters. The molecule has 0 bridgehead atoms. The number of carboxylic acids is 1. The maximum Gasteiger partial charge on any atom is 0.335 e. The van der Waals surface area contributed by atoms with Gasteiger partial charge < -0.3 is 25.0 Å². The fraction of sp³-hybridized carbons (Fsp3) is 0.174. The molecule has 0 saturated heterocycles. The van der Waals surface area contributed by atoms with Crippen molar-refractivity contribution in [3.8, 4) is 5.75 Å². The lowest BCUT2D eigenvalue weighted by atomic mass is 10.2. The molecule has 2 aromatic carbocycles. The molecule has 11 heteroatoms. The molecule has 3 aromatic rings. The van der Waals surface area contributed by atoms with Gasteiger partial charge in [-0.05, 0) is 42.5 Å². The van der Waals surface area contributed by atoms with Crippen LogP contribution in [-0.2, 0) is 17.9 Å². The highest BCUT2D eigenvalue weighted by Gasteiger charge is 2.15. The normalized spacial score (nSPS) is 10.4. The van der Waals surface area contributed by atoms with Gasteiger partial charge in [0.15, 0.2) is 11.0 Å². The van der Waals surface area contributed by atoms with Crippen LogP contribution in [0.4, 0.5) is 5.69 Å². The van der Waals surface area contributed by atoms with Crippen molar-refractivity contribution in [3.63, 3.8) is 0 Å². The molecule has 1 heterocycles. The number of anilines is 1. The monoisotopic (exact) mass is 481 g/mol. The number of carbonyl (C=O) groups excluding carboxylic acids is 2. The summed E-state index contributed by atoms with van der Waals surface area (Å²) >= 11 is 1.17. The summed E-state index contributed by atoms with van der Waals surface area (Å²) in [6.07, 6.45) is 1.67. The zero-order valence-electron chi connectivity index (χ0n) is 18.4. The van der Waals surface area contributed by atoms with Crippen LogP contribution in [0.3, 0.4) is 0 Å². The lowest BCUT2D eigenvalue weighted by Gasteiger charge is -2.09. The Morgan fingerprint density at radius 3 is 2.59 bits per heavy atom. The topological polar surface area (TPSA) is 135 Å². The molecule has 0 fully saturated rings. The van der Waals surface area contributed by atoms with Gasteiger partial charge in [-0.15, -0.1) is 16.8 Å². The second kappa shape index (κ2) is 11.7. The number of carboxylic acid groups (broad SMARTS) is 1. The smallest absolute Gasteiger partial charge is 0.335 e. The van der Waals surface area contributed by atoms with E-state index >= 15 is 0 Å². The summed E-state index contributed by atoms with van der Waals surface area (Å²) in [7, 11) is 1.55. The molecule has 1 aromatic heterocycles. The molecule has 0 unspecified atom stereocenters. The zero-order chi connectivity index (χ0) is 24.5. The number of aromatic carboxylic acids is 1. The number of carbonyl (C=O) groups is 3. The van der Waals surface area contributed by atoms with E-state index in [0.717, 1.165) is 0 Å². The van der Waals surface area contributed by atoms with Crippen LogP contribution in [0.1, 0.15) is 26.5 Å². The molecule has 0 aliphatic rings. The molecular weight excluding hydrogens is 458 g/mol. The van der Waals surface area contributed by atoms with Gasteiger partial charge in [0.1, 0.15) is 5.75 Å². The van der Waals surface area contributed by atoms with Crippen molar-refractivity contribution in [2.75, 3.05) is 18.2 Å². The van der Waals surface area contributed by atoms with Crippen LogP contribution in [0.15, 0.2) is 66.3 Å². The number of nitrogens with zero attached hydrogens (tertiary/aromatic N) is 3. The summed E-state index contributed by atoms with van der Waals surface area (Å²) in [6, 6.07) is 12.7. The van der Waals surface area contributed by atoms with Gasteiger partial charge in [-0.3, -0.25) is 9.59 Å². The van der Waals surface area contributed by atoms with Gasteiger partial charge in [0.05, 0.1) is 25.0 Å². The molecule has 0 radical (unpaired) electrons. The number of thioether (sulfide) groups is 1. The lowest BCUT2D eigenvalue weighted by Crippen LogP contribution is -2.24. The average Bonchev–Trinajstić information content (AvgIpc) is 3.23. The van der Waals surface area contributed by atoms with Crippen molar-refractivity contribution < 1.29 is 24.2 Å². The summed E-state index contributed by atoms with van der Waals surface area (Å²) in [6.45, 7) is 4.27. The zero-order valence-corrected chi connectivity index (χ0v) is 19.2. The SMILES string of the molecule is C=CCn1c(CNC(=O)c2ccc(OC)cc2)nnc1SCC(=O)Nc1cccc(C(=O)O)c1. The Balaban J connectivity index is 1.60. The maximum absolute atomic E-state index is 12.4. The van der Waals surface area contributed by atoms with Gasteiger partial charge in [0, 0.05) is 17.8 Å². The number of aromatic nitrogens is 3. The van der Waals surface area contributed by atoms with Crippen LogP contribution in [0.5, 0.6) is 5.75 Å². The van der Waals surface area contributed by atoms with Gasteiger partial charge in [0.25, 0.3) is 5.91 Å². The van der Waals surface area contributed by atoms with Gasteiger partial charge in [-0.2, -0.15) is 0 Å². The van der Waals surface area contributed by atoms with E-state index in [1.54, 1.807) is 54.2 Å². The first kappa shape index (κ1) is 24.5. The fourth-order valence-electron chi connectivity index (χ4n) is 2.93. The Morgan fingerprint density at radius 2 is 1.91 bits per heavy atom. The third-order valence-electron chi connectivity index (χ3n) is 4.59. The highest BCUT2D eigenvalue weighted by molar-refractivity contribution is 7.99. The number of allylic oxidation sites excluding steroid dienone is 1. The van der Waals surface area contributed by atoms with Crippen LogP contribution in [0.2, 0.25) is 0 Å². The third kappa shape index (κ3) is 6.45. The first-order valence-corrected chi connectivity index (χ1v) is 11.1. The van der Waals surface area contributed by atoms with E-state index in [2.05, 4.69) is 27.4 Å². The Hall–Kier alpha value is -4.12. The van der Waals surface area contributed by atoms with E-state index in [-0.39, 0.29) is 29.7 Å². The minimum atomic E-state index is -1.07. The van der Waals surface area contributed by atoms with E-state index in [9.17, 15) is 14.4 Å². The molecule has 0 saturated carbocycles. The quantitative estimate of drug-likeness (QED) is 0.281. The molecular formula is C23H23N5O5S. The van der Waals surface area contributed by atoms with E-state index in [0.29, 0.717) is 34.5 Å². The van der Waals surface area contributed by atoms with Gasteiger partial charge in [-0.1, -0.05) is 23.9 Å². The second-order valence-corrected chi connectivity index (χ2v) is 7.87. The van der Waals surface area contributed by atoms with Gasteiger partial charge in [-0.25, -0.2) is 4.79 Å². The van der Waals surface area contributed by atoms with Crippen molar-refractivity contribution >= 4 is 35.2 Å². The van der Waals surface area contributed by atoms with Crippen LogP contribution in [-0.4, -0.2) is 50.5 Å². The van der Waals surface area contributed by atoms with E-state index in [1.165, 1.54) is 23.9 Å². The number of amides is 2. The first-order valence-electron chi connectivity index (χ1n) is 10.1. The molecule has 2 amide bonds. The maximum atomic E-state index is 12.4. The number of hydrogen-bond donors (Lipinski definition) is 3. The molecule has 10 nitrogen and oxygen atoms in total. The molecule has 3 N–H and O–H groups in total. The Labute approximate surface area is 200 Å². The minimum Gasteiger partial charge on any atom is -0.497 e. The standard InChI is InChI=1S/C23H23N5O5S/c1-3-11-28-19(13-24-21(30)15-7-9-18(33-2)10-8-15)26-27-23(28)34-14-20(29)25-17-6-4-5-16(12-17)22(31)32/h3-10,12H,1,11,13-14H2,2H3,(H,24,30)(H,25,29)(H,31,32). The number of methoxy groups -OCH3 is 1. The van der Waals surface area contributed by atoms with Crippen molar-refractivity contribution in [3.05, 3.63) is 78.1 Å². The molecule has 176 valence electrons. The molecule has 0 aliphatic carbocycles. The highest BCUT2D eigenvalue weighted by Crippen LogP contribution is 2.19. The molecule has 0 spiro atoms. The largest absolute Gasteiger partial charge is 0.497 e. The predicted octanol–water partition coefficient (Wildman–Crippen LogP) is 2.83. The summed E-state index contributed by atoms with van der Waals surface area (Å²) in [5, 5.41) is 23.3. The average molecular weight is 482 g/mol. The van der Waals surface area contributed by atoms with E-state index in [4.69, 9.17) is 9.84 Å². The molecule has 3 rings (SSSR count). The number of hydrogen-bond acceptors (Lipinski definition) is 7. The summed E-state index contributed by atoms with van der Waals surface area (Å²) in [4.78, 5) is 35.8. The first-order chi connectivity index (χ1) is 16.4. The number of rotatable bonds is 11. The van der Waals surface area contributed by atoms with Crippen molar-refractivity contribution in [1.82, 2.24) is 20.1 Å². The molecule has 0 aliphatic heterocycles. The minimum absolute atomic E-state index is 0.0325. The number of ether oxygens (including phenoxy) is 1. The predicted molar refractivity (Wildman–Crippen MR) is 127 cm³/mol. The van der Waals surface area contributed by atoms with Gasteiger partial charge >= 0.3 is 5.97 Å². The number of nitrogens with one attached hydrogen (secondary N) is 2. The summed E-state index contributed by atoms with van der Waals surface area (Å²) < 4.78 is 6.85. The highest BCUT2D eigenvalue weighted by atomic mass is 32.2. The fourth-order valence-corrected chi connectivity index (χ4v) is 3.70. The van der Waals surface area contributed by atoms with E-state index in [1.807, 2.05) is 0 Å². The van der Waals surface area contributed by atoms with Crippen molar-refractivity contribution in [2.24, 2.45) is 0 Å². The lowest BCUT2D eigenvalue weighted by molar-refractivity contribution is -0.113. The van der Waals surface area contributed by atoms with Gasteiger partial charge in [0.2, 0.25) is 5.91 Å². The van der Waals surface area contributed by atoms with Crippen LogP contribution in [0, 0.1) is 0 Å². The van der Waals surface area contributed by atoms with Crippen LogP contribution < -0.4 is 15.4 Å². The second-order valence-electron chi connectivity index (χ2n) is 6.93. The van der Waals surface area contributed by atoms with Crippen molar-refractivity contribution in [1.29, 1.82) is 0 Å². The Kier molecular flexibility index (Phi) is 8.41. The Bertz CT molecular complexity index is 1190.